The van der Waals surface area contributed by atoms with Crippen LogP contribution < -0.4 is 0 Å². The fourth-order valence-electron chi connectivity index (χ4n) is 1.59. The van der Waals surface area contributed by atoms with Gasteiger partial charge in [-0.2, -0.15) is 0 Å². The van der Waals surface area contributed by atoms with Crippen LogP contribution in [0.25, 0.3) is 11.4 Å². The maximum absolute atomic E-state index is 13.6. The van der Waals surface area contributed by atoms with Gasteiger partial charge in [0.1, 0.15) is 10.5 Å². The molecule has 2 rings (SSSR count). The van der Waals surface area contributed by atoms with E-state index in [0.29, 0.717) is 26.2 Å². The van der Waals surface area contributed by atoms with E-state index in [2.05, 4.69) is 41.8 Å². The van der Waals surface area contributed by atoms with Gasteiger partial charge in [-0.25, -0.2) is 13.8 Å². The van der Waals surface area contributed by atoms with Crippen molar-refractivity contribution in [3.63, 3.8) is 0 Å². The Hall–Kier alpha value is -0.700. The molecule has 1 aromatic heterocycles. The number of aromatic amines is 1. The van der Waals surface area contributed by atoms with Crippen LogP contribution in [-0.2, 0) is 11.3 Å². The van der Waals surface area contributed by atoms with Gasteiger partial charge in [0.05, 0.1) is 21.2 Å². The third kappa shape index (κ3) is 2.98. The molecule has 0 bridgehead atoms. The van der Waals surface area contributed by atoms with Crippen LogP contribution >= 0.6 is 44.1 Å². The molecule has 1 aromatic carbocycles. The van der Waals surface area contributed by atoms with E-state index in [4.69, 9.17) is 17.0 Å². The molecule has 20 heavy (non-hydrogen) atoms. The Morgan fingerprint density at radius 1 is 1.30 bits per heavy atom. The summed E-state index contributed by atoms with van der Waals surface area (Å²) < 4.78 is 32.7. The zero-order valence-electron chi connectivity index (χ0n) is 10.1. The Kier molecular flexibility index (Phi) is 5.00. The summed E-state index contributed by atoms with van der Waals surface area (Å²) in [7, 11) is 1.54. The Labute approximate surface area is 135 Å². The van der Waals surface area contributed by atoms with Crippen molar-refractivity contribution < 1.29 is 13.5 Å². The van der Waals surface area contributed by atoms with Gasteiger partial charge >= 0.3 is 0 Å². The lowest BCUT2D eigenvalue weighted by molar-refractivity contribution is 0.181. The van der Waals surface area contributed by atoms with E-state index in [1.54, 1.807) is 0 Å². The fourth-order valence-corrected chi connectivity index (χ4v) is 2.61. The standard InChI is InChI=1S/C12H8Br2F2N2OS/c1-19-4-7-9(14)12(20)18-11(17-7)5-2-3-6(15)10(16)8(5)13/h2-3H,4H2,1H3,(H,17,18,20). The lowest BCUT2D eigenvalue weighted by Gasteiger charge is -2.10. The smallest absolute Gasteiger partial charge is 0.173 e. The van der Waals surface area contributed by atoms with Gasteiger partial charge in [-0.05, 0) is 44.0 Å². The third-order valence-corrected chi connectivity index (χ3v) is 4.70. The minimum absolute atomic E-state index is 0.0126. The molecule has 0 unspecified atom stereocenters. The van der Waals surface area contributed by atoms with E-state index in [9.17, 15) is 8.78 Å². The number of rotatable bonds is 3. The first-order chi connectivity index (χ1) is 9.45. The SMILES string of the molecule is COCc1[nH]c(-c2ccc(F)c(F)c2Br)nc(=S)c1Br. The number of hydrogen-bond acceptors (Lipinski definition) is 3. The number of ether oxygens (including phenoxy) is 1. The Balaban J connectivity index is 2.65. The number of aromatic nitrogens is 2. The third-order valence-electron chi connectivity index (χ3n) is 2.51. The van der Waals surface area contributed by atoms with E-state index in [0.717, 1.165) is 6.07 Å². The van der Waals surface area contributed by atoms with Crippen LogP contribution in [0.1, 0.15) is 5.69 Å². The number of halogens is 4. The molecule has 0 amide bonds. The monoisotopic (exact) mass is 424 g/mol. The van der Waals surface area contributed by atoms with Crippen LogP contribution in [0.5, 0.6) is 0 Å². The average molecular weight is 426 g/mol. The van der Waals surface area contributed by atoms with Crippen LogP contribution in [0, 0.1) is 16.3 Å². The second kappa shape index (κ2) is 6.38. The second-order valence-corrected chi connectivity index (χ2v) is 5.81. The largest absolute Gasteiger partial charge is 0.378 e. The minimum Gasteiger partial charge on any atom is -0.378 e. The maximum Gasteiger partial charge on any atom is 0.173 e. The average Bonchev–Trinajstić information content (AvgIpc) is 2.41. The zero-order chi connectivity index (χ0) is 14.9. The molecule has 1 N–H and O–H groups in total. The predicted molar refractivity (Wildman–Crippen MR) is 80.9 cm³/mol. The van der Waals surface area contributed by atoms with Crippen LogP contribution in [0.4, 0.5) is 8.78 Å². The predicted octanol–water partition coefficient (Wildman–Crippen LogP) is 4.76. The van der Waals surface area contributed by atoms with Gasteiger partial charge < -0.3 is 9.72 Å². The van der Waals surface area contributed by atoms with Gasteiger partial charge in [-0.3, -0.25) is 0 Å². The van der Waals surface area contributed by atoms with Crippen LogP contribution in [0.3, 0.4) is 0 Å². The van der Waals surface area contributed by atoms with E-state index >= 15 is 0 Å². The van der Waals surface area contributed by atoms with Crippen molar-refractivity contribution >= 4 is 44.1 Å². The minimum atomic E-state index is -0.972. The molecule has 0 spiro atoms. The van der Waals surface area contributed by atoms with Gasteiger partial charge in [0.25, 0.3) is 0 Å². The Bertz CT molecular complexity index is 721. The second-order valence-electron chi connectivity index (χ2n) is 3.84. The highest BCUT2D eigenvalue weighted by Gasteiger charge is 2.15. The highest BCUT2D eigenvalue weighted by atomic mass is 79.9. The highest BCUT2D eigenvalue weighted by Crippen LogP contribution is 2.31. The number of methoxy groups -OCH3 is 1. The number of benzene rings is 1. The quantitative estimate of drug-likeness (QED) is 0.569. The van der Waals surface area contributed by atoms with E-state index in [1.165, 1.54) is 13.2 Å². The summed E-state index contributed by atoms with van der Waals surface area (Å²) in [5, 5.41) is 0. The molecule has 0 aliphatic rings. The van der Waals surface area contributed by atoms with Crippen molar-refractivity contribution in [2.75, 3.05) is 7.11 Å². The molecule has 106 valence electrons. The number of hydrogen-bond donors (Lipinski definition) is 1. The summed E-state index contributed by atoms with van der Waals surface area (Å²) in [6, 6.07) is 2.45. The molecule has 0 aliphatic carbocycles. The van der Waals surface area contributed by atoms with Gasteiger partial charge in [0, 0.05) is 12.7 Å². The molecular formula is C12H8Br2F2N2OS. The summed E-state index contributed by atoms with van der Waals surface area (Å²) in [6.45, 7) is 0.279. The first kappa shape index (κ1) is 15.7. The molecule has 8 heteroatoms. The lowest BCUT2D eigenvalue weighted by Crippen LogP contribution is -2.01. The first-order valence-electron chi connectivity index (χ1n) is 5.37. The molecule has 0 atom stereocenters. The number of nitrogens with one attached hydrogen (secondary N) is 1. The molecule has 0 saturated carbocycles. The molecule has 0 fully saturated rings. The van der Waals surface area contributed by atoms with E-state index in [-0.39, 0.29) is 11.1 Å². The maximum atomic E-state index is 13.6. The lowest BCUT2D eigenvalue weighted by atomic mass is 10.2. The topological polar surface area (TPSA) is 37.9 Å². The normalized spacial score (nSPS) is 10.8. The molecule has 0 saturated heterocycles. The zero-order valence-corrected chi connectivity index (χ0v) is 14.1. The summed E-state index contributed by atoms with van der Waals surface area (Å²) in [4.78, 5) is 7.14. The van der Waals surface area contributed by atoms with Crippen molar-refractivity contribution in [3.05, 3.63) is 43.0 Å². The summed E-state index contributed by atoms with van der Waals surface area (Å²) in [6.07, 6.45) is 0. The van der Waals surface area contributed by atoms with Crippen LogP contribution in [0.15, 0.2) is 21.1 Å². The molecule has 1 heterocycles. The van der Waals surface area contributed by atoms with Crippen molar-refractivity contribution in [2.24, 2.45) is 0 Å². The first-order valence-corrected chi connectivity index (χ1v) is 7.36. The Morgan fingerprint density at radius 2 is 2.00 bits per heavy atom. The van der Waals surface area contributed by atoms with Gasteiger partial charge in [0.15, 0.2) is 11.6 Å². The van der Waals surface area contributed by atoms with Gasteiger partial charge in [-0.1, -0.05) is 12.2 Å². The van der Waals surface area contributed by atoms with Crippen molar-refractivity contribution in [1.29, 1.82) is 0 Å². The Morgan fingerprint density at radius 3 is 2.65 bits per heavy atom. The van der Waals surface area contributed by atoms with E-state index < -0.39 is 11.6 Å². The number of nitrogens with zero attached hydrogens (tertiary/aromatic N) is 1. The summed E-state index contributed by atoms with van der Waals surface area (Å²) in [5.41, 5.74) is 1.04. The summed E-state index contributed by atoms with van der Waals surface area (Å²) in [5.74, 6) is -1.58. The molecule has 2 aromatic rings. The highest BCUT2D eigenvalue weighted by molar-refractivity contribution is 9.11. The fraction of sp³-hybridized carbons (Fsp3) is 0.167. The van der Waals surface area contributed by atoms with Crippen molar-refractivity contribution in [2.45, 2.75) is 6.61 Å². The molecular weight excluding hydrogens is 418 g/mol. The van der Waals surface area contributed by atoms with Crippen molar-refractivity contribution in [1.82, 2.24) is 9.97 Å². The van der Waals surface area contributed by atoms with Crippen LogP contribution in [-0.4, -0.2) is 17.1 Å². The molecule has 0 radical (unpaired) electrons. The van der Waals surface area contributed by atoms with E-state index in [1.807, 2.05) is 0 Å². The van der Waals surface area contributed by atoms with Crippen molar-refractivity contribution in [3.8, 4) is 11.4 Å². The van der Waals surface area contributed by atoms with Gasteiger partial charge in [0.2, 0.25) is 0 Å². The molecule has 3 nitrogen and oxygen atoms in total. The molecule has 0 aliphatic heterocycles. The number of H-pyrrole nitrogens is 1. The van der Waals surface area contributed by atoms with Gasteiger partial charge in [-0.15, -0.1) is 0 Å². The summed E-state index contributed by atoms with van der Waals surface area (Å²) >= 11 is 11.5. The van der Waals surface area contributed by atoms with Crippen LogP contribution in [0.2, 0.25) is 0 Å².